The van der Waals surface area contributed by atoms with Crippen molar-refractivity contribution in [2.75, 3.05) is 38.0 Å². The van der Waals surface area contributed by atoms with Crippen molar-refractivity contribution < 1.29 is 19.2 Å². The molecule has 0 spiro atoms. The van der Waals surface area contributed by atoms with E-state index in [2.05, 4.69) is 21.8 Å². The molecule has 0 aromatic heterocycles. The highest BCUT2D eigenvalue weighted by Gasteiger charge is 2.16. The monoisotopic (exact) mass is 838 g/mol. The van der Waals surface area contributed by atoms with Crippen LogP contribution in [0.25, 0.3) is 52.8 Å². The van der Waals surface area contributed by atoms with E-state index in [-0.39, 0.29) is 0 Å². The summed E-state index contributed by atoms with van der Waals surface area (Å²) in [7, 11) is 7.87. The topological polar surface area (TPSA) is 131 Å². The first kappa shape index (κ1) is 46.1. The van der Waals surface area contributed by atoms with Crippen LogP contribution in [0.3, 0.4) is 0 Å². The Balaban J connectivity index is 0.000000168. The Hall–Kier alpha value is -8.96. The van der Waals surface area contributed by atoms with Crippen LogP contribution in [0.2, 0.25) is 0 Å². The first-order chi connectivity index (χ1) is 30.9. The van der Waals surface area contributed by atoms with E-state index in [1.165, 1.54) is 0 Å². The van der Waals surface area contributed by atoms with Crippen LogP contribution >= 0.6 is 0 Å². The zero-order valence-corrected chi connectivity index (χ0v) is 36.2. The van der Waals surface area contributed by atoms with Gasteiger partial charge in [0, 0.05) is 61.8 Å². The number of hydrogen-bond donors (Lipinski definition) is 0. The van der Waals surface area contributed by atoms with E-state index in [9.17, 15) is 29.7 Å². The predicted octanol–water partition coefficient (Wildman–Crippen LogP) is 12.2. The predicted molar refractivity (Wildman–Crippen MR) is 257 cm³/mol. The minimum atomic E-state index is 0.380. The van der Waals surface area contributed by atoms with Crippen LogP contribution in [-0.2, 0) is 0 Å². The summed E-state index contributed by atoms with van der Waals surface area (Å²) in [6.45, 7) is 18.9. The molecule has 0 bridgehead atoms. The van der Waals surface area contributed by atoms with Crippen molar-refractivity contribution in [2.24, 2.45) is 0 Å². The van der Waals surface area contributed by atoms with Crippen molar-refractivity contribution in [3.63, 3.8) is 0 Å². The van der Waals surface area contributed by atoms with E-state index in [1.807, 2.05) is 137 Å². The number of carbonyl (C=O) groups excluding carboxylic acids is 4. The number of carbonyl (C=O) groups is 4. The molecule has 0 fully saturated rings. The number of aldehydes is 4. The molecule has 8 aromatic rings. The van der Waals surface area contributed by atoms with Gasteiger partial charge < -0.3 is 9.80 Å². The van der Waals surface area contributed by atoms with Gasteiger partial charge in [-0.05, 0) is 112 Å². The molecule has 0 saturated heterocycles. The van der Waals surface area contributed by atoms with Crippen LogP contribution in [0, 0.1) is 49.7 Å². The third-order valence-electron chi connectivity index (χ3n) is 10.3. The van der Waals surface area contributed by atoms with Gasteiger partial charge in [0.15, 0.2) is 0 Å². The van der Waals surface area contributed by atoms with Crippen molar-refractivity contribution in [1.29, 1.82) is 10.5 Å². The minimum Gasteiger partial charge on any atom is -0.378 e. The molecular weight excluding hydrogens is 797 g/mol. The first-order valence-electron chi connectivity index (χ1n) is 19.8. The Morgan fingerprint density at radius 1 is 0.422 bits per heavy atom. The highest BCUT2D eigenvalue weighted by molar-refractivity contribution is 6.17. The van der Waals surface area contributed by atoms with E-state index < -0.39 is 0 Å². The molecule has 0 aliphatic rings. The molecule has 312 valence electrons. The molecular formula is C54H42N6O4. The van der Waals surface area contributed by atoms with Crippen molar-refractivity contribution in [3.05, 3.63) is 189 Å². The van der Waals surface area contributed by atoms with Crippen LogP contribution in [0.1, 0.15) is 63.7 Å². The maximum Gasteiger partial charge on any atom is 0.202 e. The third kappa shape index (κ3) is 10.1. The fourth-order valence-corrected chi connectivity index (χ4v) is 7.01. The maximum absolute atomic E-state index is 11.0. The molecule has 0 aliphatic heterocycles. The van der Waals surface area contributed by atoms with E-state index in [4.69, 9.17) is 13.1 Å². The molecule has 10 heteroatoms. The number of rotatable bonds is 6. The van der Waals surface area contributed by atoms with Crippen LogP contribution in [0.4, 0.5) is 22.7 Å². The van der Waals surface area contributed by atoms with Gasteiger partial charge in [-0.1, -0.05) is 77.9 Å². The van der Waals surface area contributed by atoms with Gasteiger partial charge in [-0.3, -0.25) is 19.2 Å². The molecule has 8 rings (SSSR count). The molecule has 0 unspecified atom stereocenters. The number of fused-ring (bicyclic) bond motifs is 4. The number of nitriles is 2. The summed E-state index contributed by atoms with van der Waals surface area (Å²) in [5, 5.41) is 24.9. The molecule has 0 radical (unpaired) electrons. The van der Waals surface area contributed by atoms with Crippen LogP contribution in [0.15, 0.2) is 121 Å². The highest BCUT2D eigenvalue weighted by Crippen LogP contribution is 2.40. The second-order valence-corrected chi connectivity index (χ2v) is 15.0. The molecule has 0 heterocycles. The van der Waals surface area contributed by atoms with Crippen molar-refractivity contribution in [3.8, 4) is 12.1 Å². The second-order valence-electron chi connectivity index (χ2n) is 15.0. The normalized spacial score (nSPS) is 9.91. The van der Waals surface area contributed by atoms with Crippen LogP contribution in [0.5, 0.6) is 0 Å². The summed E-state index contributed by atoms with van der Waals surface area (Å²) in [5.74, 6) is 0. The average Bonchev–Trinajstić information content (AvgIpc) is 3.32. The summed E-state index contributed by atoms with van der Waals surface area (Å²) >= 11 is 0. The molecule has 0 aliphatic carbocycles. The molecule has 0 amide bonds. The quantitative estimate of drug-likeness (QED) is 0.0919. The van der Waals surface area contributed by atoms with Gasteiger partial charge >= 0.3 is 0 Å². The Kier molecular flexibility index (Phi) is 15.1. The lowest BCUT2D eigenvalue weighted by molar-refractivity contribution is 0.111. The van der Waals surface area contributed by atoms with E-state index >= 15 is 0 Å². The summed E-state index contributed by atoms with van der Waals surface area (Å²) in [5.41, 5.74) is 8.81. The first-order valence-corrected chi connectivity index (χ1v) is 19.8. The molecule has 64 heavy (non-hydrogen) atoms. The Morgan fingerprint density at radius 2 is 0.734 bits per heavy atom. The smallest absolute Gasteiger partial charge is 0.202 e. The van der Waals surface area contributed by atoms with Gasteiger partial charge in [0.1, 0.15) is 37.3 Å². The Bertz CT molecular complexity index is 3030. The summed E-state index contributed by atoms with van der Waals surface area (Å²) in [6.07, 6.45) is 3.11. The summed E-state index contributed by atoms with van der Waals surface area (Å²) in [6, 6.07) is 41.0. The zero-order chi connectivity index (χ0) is 46.5. The molecule has 0 atom stereocenters. The molecule has 10 nitrogen and oxygen atoms in total. The van der Waals surface area contributed by atoms with Gasteiger partial charge in [-0.15, -0.1) is 0 Å². The highest BCUT2D eigenvalue weighted by atomic mass is 16.1. The largest absolute Gasteiger partial charge is 0.378 e. The van der Waals surface area contributed by atoms with Gasteiger partial charge in [0.05, 0.1) is 24.3 Å². The standard InChI is InChI=1S/C18H8N2O2.C18H12N2.2C9H11NO/c1-20-18-14-5-3-11(9-21)6-15(14)17(8-19)13-4-2-12(10-22)7-16(13)18;1-11-5-7-14-15(8-11)17(10-19)13-6-4-12(2)9-16(13)18(14)20-3;2*1-10(2)9-5-3-8(7-11)4-6-9/h2-7,9-10H;4-9H,1-2H3;2*3-7H,1-2H3. The van der Waals surface area contributed by atoms with Crippen molar-refractivity contribution in [2.45, 2.75) is 13.8 Å². The van der Waals surface area contributed by atoms with Gasteiger partial charge in [0.25, 0.3) is 0 Å². The molecule has 8 aromatic carbocycles. The lowest BCUT2D eigenvalue weighted by atomic mass is 9.93. The number of benzene rings is 8. The fourth-order valence-electron chi connectivity index (χ4n) is 7.01. The SMILES string of the molecule is CN(C)c1ccc(C=O)cc1.CN(C)c1ccc(C=O)cc1.[C-]#[N+]c1c2ccc(C)cc2c(C#N)c2ccc(C)cc12.[C-]#[N+]c1c2ccc(C=O)cc2c(C#N)c2ccc(C=O)cc12. The Labute approximate surface area is 372 Å². The maximum atomic E-state index is 11.0. The van der Waals surface area contributed by atoms with Gasteiger partial charge in [-0.2, -0.15) is 10.5 Å². The average molecular weight is 839 g/mol. The fraction of sp³-hybridized carbons (Fsp3) is 0.111. The number of aryl methyl sites for hydroxylation is 2. The Morgan fingerprint density at radius 3 is 1.11 bits per heavy atom. The lowest BCUT2D eigenvalue weighted by Gasteiger charge is -2.11. The molecule has 0 saturated carbocycles. The lowest BCUT2D eigenvalue weighted by Crippen LogP contribution is -2.08. The van der Waals surface area contributed by atoms with Gasteiger partial charge in [0.2, 0.25) is 11.4 Å². The van der Waals surface area contributed by atoms with Crippen molar-refractivity contribution in [1.82, 2.24) is 0 Å². The number of anilines is 2. The second kappa shape index (κ2) is 21.0. The number of nitrogens with zero attached hydrogens (tertiary/aromatic N) is 6. The van der Waals surface area contributed by atoms with Crippen molar-refractivity contribution >= 4 is 91.0 Å². The van der Waals surface area contributed by atoms with Gasteiger partial charge in [-0.25, -0.2) is 9.69 Å². The minimum absolute atomic E-state index is 0.380. The van der Waals surface area contributed by atoms with Crippen LogP contribution < -0.4 is 9.80 Å². The van der Waals surface area contributed by atoms with E-state index in [1.54, 1.807) is 36.4 Å². The van der Waals surface area contributed by atoms with E-state index in [0.29, 0.717) is 67.7 Å². The summed E-state index contributed by atoms with van der Waals surface area (Å²) < 4.78 is 0. The summed E-state index contributed by atoms with van der Waals surface area (Å²) in [4.78, 5) is 53.8. The van der Waals surface area contributed by atoms with Crippen LogP contribution in [-0.4, -0.2) is 53.3 Å². The number of hydrogen-bond acceptors (Lipinski definition) is 8. The third-order valence-corrected chi connectivity index (χ3v) is 10.3. The zero-order valence-electron chi connectivity index (χ0n) is 36.2. The molecule has 0 N–H and O–H groups in total. The van der Waals surface area contributed by atoms with E-state index in [0.717, 1.165) is 67.7 Å².